The zero-order valence-electron chi connectivity index (χ0n) is 11.7. The smallest absolute Gasteiger partial charge is 0.238 e. The third kappa shape index (κ3) is 3.33. The minimum atomic E-state index is -0.257. The summed E-state index contributed by atoms with van der Waals surface area (Å²) in [6, 6.07) is 6.03. The number of hydrogen-bond donors (Lipinski definition) is 1. The quantitative estimate of drug-likeness (QED) is 0.866. The Balaban J connectivity index is 3.10. The largest absolute Gasteiger partial charge is 0.325 e. The van der Waals surface area contributed by atoms with Crippen LogP contribution in [0.2, 0.25) is 0 Å². The molecule has 96 valence electrons. The van der Waals surface area contributed by atoms with E-state index in [0.717, 1.165) is 16.8 Å². The number of aryl methyl sites for hydroxylation is 2. The third-order valence-electron chi connectivity index (χ3n) is 2.90. The van der Waals surface area contributed by atoms with Gasteiger partial charge in [0.05, 0.1) is 6.07 Å². The molecule has 0 bridgehead atoms. The molecule has 1 amide bonds. The highest BCUT2D eigenvalue weighted by Crippen LogP contribution is 2.29. The van der Waals surface area contributed by atoms with Crippen LogP contribution in [-0.2, 0) is 10.2 Å². The van der Waals surface area contributed by atoms with E-state index in [-0.39, 0.29) is 17.7 Å². The van der Waals surface area contributed by atoms with Crippen molar-refractivity contribution in [3.8, 4) is 6.07 Å². The number of carbonyl (C=O) groups is 1. The average molecular weight is 244 g/mol. The minimum Gasteiger partial charge on any atom is -0.325 e. The molecule has 0 saturated heterocycles. The first-order valence-corrected chi connectivity index (χ1v) is 6.04. The molecule has 0 aliphatic carbocycles. The Morgan fingerprint density at radius 1 is 1.28 bits per heavy atom. The molecule has 1 N–H and O–H groups in total. The van der Waals surface area contributed by atoms with Crippen molar-refractivity contribution in [3.63, 3.8) is 0 Å². The second-order valence-electron chi connectivity index (χ2n) is 5.62. The number of nitrogens with zero attached hydrogens (tertiary/aromatic N) is 1. The molecule has 3 nitrogen and oxygen atoms in total. The maximum atomic E-state index is 11.5. The van der Waals surface area contributed by atoms with Crippen molar-refractivity contribution in [2.45, 2.75) is 46.5 Å². The highest BCUT2D eigenvalue weighted by molar-refractivity contribution is 5.93. The van der Waals surface area contributed by atoms with Crippen LogP contribution in [0, 0.1) is 25.2 Å². The normalized spacial score (nSPS) is 10.9. The molecular formula is C15H20N2O. The highest BCUT2D eigenvalue weighted by Gasteiger charge is 2.16. The van der Waals surface area contributed by atoms with Gasteiger partial charge in [-0.25, -0.2) is 0 Å². The van der Waals surface area contributed by atoms with Gasteiger partial charge in [0.25, 0.3) is 0 Å². The van der Waals surface area contributed by atoms with Crippen molar-refractivity contribution >= 4 is 11.6 Å². The molecule has 1 rings (SSSR count). The van der Waals surface area contributed by atoms with E-state index in [9.17, 15) is 4.79 Å². The Bertz CT molecular complexity index is 481. The van der Waals surface area contributed by atoms with Crippen molar-refractivity contribution < 1.29 is 4.79 Å². The number of hydrogen-bond acceptors (Lipinski definition) is 2. The minimum absolute atomic E-state index is 0.0880. The van der Waals surface area contributed by atoms with Crippen LogP contribution >= 0.6 is 0 Å². The van der Waals surface area contributed by atoms with Crippen LogP contribution < -0.4 is 5.32 Å². The van der Waals surface area contributed by atoms with E-state index < -0.39 is 0 Å². The van der Waals surface area contributed by atoms with Crippen LogP contribution in [0.1, 0.15) is 43.9 Å². The fraction of sp³-hybridized carbons (Fsp3) is 0.467. The third-order valence-corrected chi connectivity index (χ3v) is 2.90. The van der Waals surface area contributed by atoms with Gasteiger partial charge >= 0.3 is 0 Å². The molecule has 0 heterocycles. The Kier molecular flexibility index (Phi) is 4.13. The van der Waals surface area contributed by atoms with E-state index in [4.69, 9.17) is 5.26 Å². The van der Waals surface area contributed by atoms with Crippen LogP contribution in [0.4, 0.5) is 5.69 Å². The van der Waals surface area contributed by atoms with Crippen LogP contribution in [0.3, 0.4) is 0 Å². The summed E-state index contributed by atoms with van der Waals surface area (Å²) in [5.74, 6) is -0.257. The summed E-state index contributed by atoms with van der Waals surface area (Å²) in [7, 11) is 0. The zero-order valence-corrected chi connectivity index (χ0v) is 11.7. The van der Waals surface area contributed by atoms with Gasteiger partial charge in [0, 0.05) is 5.69 Å². The van der Waals surface area contributed by atoms with E-state index in [2.05, 4.69) is 38.2 Å². The summed E-state index contributed by atoms with van der Waals surface area (Å²) in [5, 5.41) is 11.3. The van der Waals surface area contributed by atoms with Crippen LogP contribution in [-0.4, -0.2) is 5.91 Å². The number of benzene rings is 1. The van der Waals surface area contributed by atoms with Gasteiger partial charge in [-0.1, -0.05) is 32.9 Å². The van der Waals surface area contributed by atoms with E-state index in [1.54, 1.807) is 0 Å². The molecule has 0 aliphatic heterocycles. The highest BCUT2D eigenvalue weighted by atomic mass is 16.1. The van der Waals surface area contributed by atoms with Gasteiger partial charge in [-0.2, -0.15) is 5.26 Å². The first-order chi connectivity index (χ1) is 8.25. The fourth-order valence-electron chi connectivity index (χ4n) is 1.85. The Hall–Kier alpha value is -1.82. The summed E-state index contributed by atoms with van der Waals surface area (Å²) < 4.78 is 0. The van der Waals surface area contributed by atoms with Gasteiger partial charge in [-0.3, -0.25) is 4.79 Å². The van der Waals surface area contributed by atoms with E-state index in [0.29, 0.717) is 0 Å². The number of rotatable bonds is 2. The lowest BCUT2D eigenvalue weighted by Crippen LogP contribution is -2.15. The molecule has 3 heteroatoms. The number of amides is 1. The van der Waals surface area contributed by atoms with Gasteiger partial charge in [0.1, 0.15) is 6.42 Å². The van der Waals surface area contributed by atoms with Crippen LogP contribution in [0.5, 0.6) is 0 Å². The Morgan fingerprint density at radius 2 is 1.78 bits per heavy atom. The predicted molar refractivity (Wildman–Crippen MR) is 73.5 cm³/mol. The van der Waals surface area contributed by atoms with Gasteiger partial charge in [0.2, 0.25) is 5.91 Å². The SMILES string of the molecule is Cc1cc(C(C)(C)C)cc(C)c1NC(=O)CC#N. The molecule has 1 aromatic carbocycles. The van der Waals surface area contributed by atoms with E-state index in [1.807, 2.05) is 19.9 Å². The molecule has 0 fully saturated rings. The fourth-order valence-corrected chi connectivity index (χ4v) is 1.85. The van der Waals surface area contributed by atoms with Gasteiger partial charge in [-0.15, -0.1) is 0 Å². The monoisotopic (exact) mass is 244 g/mol. The number of nitriles is 1. The van der Waals surface area contributed by atoms with Crippen molar-refractivity contribution in [1.29, 1.82) is 5.26 Å². The second-order valence-corrected chi connectivity index (χ2v) is 5.62. The maximum absolute atomic E-state index is 11.5. The summed E-state index contributed by atoms with van der Waals surface area (Å²) in [5.41, 5.74) is 4.22. The Morgan fingerprint density at radius 3 is 2.17 bits per heavy atom. The molecule has 0 aromatic heterocycles. The first-order valence-electron chi connectivity index (χ1n) is 6.04. The van der Waals surface area contributed by atoms with Crippen molar-refractivity contribution in [1.82, 2.24) is 0 Å². The summed E-state index contributed by atoms with van der Waals surface area (Å²) in [4.78, 5) is 11.5. The molecular weight excluding hydrogens is 224 g/mol. The van der Waals surface area contributed by atoms with Gasteiger partial charge in [-0.05, 0) is 36.0 Å². The van der Waals surface area contributed by atoms with Gasteiger partial charge < -0.3 is 5.32 Å². The molecule has 0 spiro atoms. The maximum Gasteiger partial charge on any atom is 0.238 e. The topological polar surface area (TPSA) is 52.9 Å². The molecule has 1 aromatic rings. The summed E-state index contributed by atoms with van der Waals surface area (Å²) in [6.07, 6.45) is -0.111. The van der Waals surface area contributed by atoms with Crippen molar-refractivity contribution in [2.24, 2.45) is 0 Å². The lowest BCUT2D eigenvalue weighted by molar-refractivity contribution is -0.115. The van der Waals surface area contributed by atoms with Crippen LogP contribution in [0.25, 0.3) is 0 Å². The van der Waals surface area contributed by atoms with Crippen molar-refractivity contribution in [3.05, 3.63) is 28.8 Å². The molecule has 0 aliphatic rings. The molecule has 18 heavy (non-hydrogen) atoms. The number of nitrogens with one attached hydrogen (secondary N) is 1. The van der Waals surface area contributed by atoms with E-state index in [1.165, 1.54) is 5.56 Å². The lowest BCUT2D eigenvalue weighted by Gasteiger charge is -2.22. The first kappa shape index (κ1) is 14.2. The zero-order chi connectivity index (χ0) is 13.9. The number of carbonyl (C=O) groups excluding carboxylic acids is 1. The molecule has 0 atom stereocenters. The predicted octanol–water partition coefficient (Wildman–Crippen LogP) is 3.45. The summed E-state index contributed by atoms with van der Waals surface area (Å²) in [6.45, 7) is 10.4. The summed E-state index contributed by atoms with van der Waals surface area (Å²) >= 11 is 0. The second kappa shape index (κ2) is 5.22. The Labute approximate surface area is 109 Å². The van der Waals surface area contributed by atoms with Gasteiger partial charge in [0.15, 0.2) is 0 Å². The molecule has 0 unspecified atom stereocenters. The molecule has 0 radical (unpaired) electrons. The standard InChI is InChI=1S/C15H20N2O/c1-10-8-12(15(3,4)5)9-11(2)14(10)17-13(18)6-7-16/h8-9H,6H2,1-5H3,(H,17,18). The van der Waals surface area contributed by atoms with Crippen LogP contribution in [0.15, 0.2) is 12.1 Å². The molecule has 0 saturated carbocycles. The van der Waals surface area contributed by atoms with Crippen molar-refractivity contribution in [2.75, 3.05) is 5.32 Å². The average Bonchev–Trinajstić information content (AvgIpc) is 2.22. The number of anilines is 1. The lowest BCUT2D eigenvalue weighted by atomic mass is 9.85. The van der Waals surface area contributed by atoms with E-state index >= 15 is 0 Å².